The molecule has 0 unspecified atom stereocenters. The standard InChI is InChI=1S/C17H16O4/c1-11(2)9-17(20)21-16-10-14(19)7-8-15(16)12-3-5-13(18)6-4-12/h3-10,18-19H,1-2H3. The summed E-state index contributed by atoms with van der Waals surface area (Å²) in [5.74, 6) is -0.0676. The van der Waals surface area contributed by atoms with Crippen molar-refractivity contribution in [2.45, 2.75) is 13.8 Å². The minimum Gasteiger partial charge on any atom is -0.508 e. The maximum atomic E-state index is 11.8. The third-order valence-electron chi connectivity index (χ3n) is 2.76. The van der Waals surface area contributed by atoms with Crippen LogP contribution in [-0.4, -0.2) is 16.2 Å². The van der Waals surface area contributed by atoms with Crippen molar-refractivity contribution in [3.63, 3.8) is 0 Å². The van der Waals surface area contributed by atoms with Gasteiger partial charge < -0.3 is 14.9 Å². The Labute approximate surface area is 122 Å². The second-order valence-corrected chi connectivity index (χ2v) is 4.87. The van der Waals surface area contributed by atoms with E-state index in [4.69, 9.17) is 4.74 Å². The second-order valence-electron chi connectivity index (χ2n) is 4.87. The Bertz CT molecular complexity index is 680. The number of hydrogen-bond acceptors (Lipinski definition) is 4. The average molecular weight is 284 g/mol. The number of benzene rings is 2. The van der Waals surface area contributed by atoms with E-state index in [1.165, 1.54) is 18.2 Å². The summed E-state index contributed by atoms with van der Waals surface area (Å²) in [6.07, 6.45) is 1.38. The average Bonchev–Trinajstić information content (AvgIpc) is 2.39. The molecule has 0 aliphatic rings. The Morgan fingerprint density at radius 2 is 1.62 bits per heavy atom. The van der Waals surface area contributed by atoms with Crippen LogP contribution in [-0.2, 0) is 4.79 Å². The summed E-state index contributed by atoms with van der Waals surface area (Å²) in [4.78, 5) is 11.8. The van der Waals surface area contributed by atoms with Crippen molar-refractivity contribution in [1.82, 2.24) is 0 Å². The van der Waals surface area contributed by atoms with Crippen LogP contribution in [0, 0.1) is 0 Å². The molecule has 0 spiro atoms. The fraction of sp³-hybridized carbons (Fsp3) is 0.118. The fourth-order valence-corrected chi connectivity index (χ4v) is 1.85. The van der Waals surface area contributed by atoms with E-state index in [2.05, 4.69) is 0 Å². The molecule has 0 fully saturated rings. The van der Waals surface area contributed by atoms with Gasteiger partial charge in [0.2, 0.25) is 0 Å². The van der Waals surface area contributed by atoms with Gasteiger partial charge in [-0.05, 0) is 43.7 Å². The number of carbonyl (C=O) groups excluding carboxylic acids is 1. The van der Waals surface area contributed by atoms with E-state index in [1.807, 2.05) is 0 Å². The molecule has 0 radical (unpaired) electrons. The lowest BCUT2D eigenvalue weighted by Gasteiger charge is -2.10. The molecule has 2 N–H and O–H groups in total. The number of aromatic hydroxyl groups is 2. The molecule has 0 amide bonds. The topological polar surface area (TPSA) is 66.8 Å². The van der Waals surface area contributed by atoms with Crippen molar-refractivity contribution < 1.29 is 19.7 Å². The van der Waals surface area contributed by atoms with E-state index in [9.17, 15) is 15.0 Å². The van der Waals surface area contributed by atoms with Crippen molar-refractivity contribution >= 4 is 5.97 Å². The SMILES string of the molecule is CC(C)=CC(=O)Oc1cc(O)ccc1-c1ccc(O)cc1. The van der Waals surface area contributed by atoms with Gasteiger partial charge in [-0.15, -0.1) is 0 Å². The zero-order chi connectivity index (χ0) is 15.4. The van der Waals surface area contributed by atoms with E-state index < -0.39 is 5.97 Å². The number of rotatable bonds is 3. The highest BCUT2D eigenvalue weighted by atomic mass is 16.5. The quantitative estimate of drug-likeness (QED) is 0.513. The normalized spacial score (nSPS) is 10.0. The minimum atomic E-state index is -0.499. The predicted octanol–water partition coefficient (Wildman–Crippen LogP) is 3.64. The van der Waals surface area contributed by atoms with E-state index in [-0.39, 0.29) is 17.2 Å². The zero-order valence-electron chi connectivity index (χ0n) is 11.8. The van der Waals surface area contributed by atoms with Gasteiger partial charge in [0, 0.05) is 17.7 Å². The highest BCUT2D eigenvalue weighted by Crippen LogP contribution is 2.34. The van der Waals surface area contributed by atoms with Crippen LogP contribution in [0.5, 0.6) is 17.2 Å². The predicted molar refractivity (Wildman–Crippen MR) is 80.3 cm³/mol. The summed E-state index contributed by atoms with van der Waals surface area (Å²) in [6, 6.07) is 11.1. The molecule has 0 aliphatic carbocycles. The van der Waals surface area contributed by atoms with Gasteiger partial charge in [-0.3, -0.25) is 0 Å². The molecular weight excluding hydrogens is 268 g/mol. The van der Waals surface area contributed by atoms with E-state index >= 15 is 0 Å². The smallest absolute Gasteiger partial charge is 0.336 e. The highest BCUT2D eigenvalue weighted by molar-refractivity contribution is 5.86. The van der Waals surface area contributed by atoms with Crippen molar-refractivity contribution in [3.05, 3.63) is 54.1 Å². The molecule has 0 saturated heterocycles. The molecule has 2 aromatic carbocycles. The van der Waals surface area contributed by atoms with Gasteiger partial charge in [-0.1, -0.05) is 17.7 Å². The lowest BCUT2D eigenvalue weighted by molar-refractivity contribution is -0.129. The van der Waals surface area contributed by atoms with Gasteiger partial charge in [0.05, 0.1) is 0 Å². The number of phenols is 2. The van der Waals surface area contributed by atoms with Gasteiger partial charge in [-0.2, -0.15) is 0 Å². The lowest BCUT2D eigenvalue weighted by Crippen LogP contribution is -2.05. The zero-order valence-corrected chi connectivity index (χ0v) is 11.8. The molecule has 0 aliphatic heterocycles. The number of allylic oxidation sites excluding steroid dienone is 1. The maximum absolute atomic E-state index is 11.8. The Morgan fingerprint density at radius 3 is 2.24 bits per heavy atom. The van der Waals surface area contributed by atoms with Gasteiger partial charge >= 0.3 is 5.97 Å². The van der Waals surface area contributed by atoms with Crippen molar-refractivity contribution in [2.75, 3.05) is 0 Å². The number of esters is 1. The summed E-state index contributed by atoms with van der Waals surface area (Å²) in [7, 11) is 0. The van der Waals surface area contributed by atoms with E-state index in [0.29, 0.717) is 5.56 Å². The lowest BCUT2D eigenvalue weighted by atomic mass is 10.0. The Morgan fingerprint density at radius 1 is 1.00 bits per heavy atom. The van der Waals surface area contributed by atoms with Gasteiger partial charge in [-0.25, -0.2) is 4.79 Å². The molecule has 4 nitrogen and oxygen atoms in total. The molecular formula is C17H16O4. The van der Waals surface area contributed by atoms with Gasteiger partial charge in [0.25, 0.3) is 0 Å². The van der Waals surface area contributed by atoms with Crippen LogP contribution < -0.4 is 4.74 Å². The number of phenolic OH excluding ortho intramolecular Hbond substituents is 2. The molecule has 4 heteroatoms. The molecule has 2 rings (SSSR count). The summed E-state index contributed by atoms with van der Waals surface area (Å²) >= 11 is 0. The largest absolute Gasteiger partial charge is 0.508 e. The first-order chi connectivity index (χ1) is 9.95. The monoisotopic (exact) mass is 284 g/mol. The first kappa shape index (κ1) is 14.7. The molecule has 0 atom stereocenters. The molecule has 0 aromatic heterocycles. The number of carbonyl (C=O) groups is 1. The van der Waals surface area contributed by atoms with Crippen LogP contribution in [0.3, 0.4) is 0 Å². The van der Waals surface area contributed by atoms with Crippen molar-refractivity contribution in [3.8, 4) is 28.4 Å². The van der Waals surface area contributed by atoms with E-state index in [0.717, 1.165) is 11.1 Å². The molecule has 21 heavy (non-hydrogen) atoms. The van der Waals surface area contributed by atoms with Crippen molar-refractivity contribution in [1.29, 1.82) is 0 Å². The molecule has 0 bridgehead atoms. The summed E-state index contributed by atoms with van der Waals surface area (Å²) < 4.78 is 5.28. The summed E-state index contributed by atoms with van der Waals surface area (Å²) in [6.45, 7) is 3.59. The molecule has 2 aromatic rings. The summed E-state index contributed by atoms with van der Waals surface area (Å²) in [5.41, 5.74) is 2.25. The first-order valence-electron chi connectivity index (χ1n) is 6.45. The van der Waals surface area contributed by atoms with Crippen LogP contribution in [0.15, 0.2) is 54.1 Å². The van der Waals surface area contributed by atoms with Gasteiger partial charge in [0.1, 0.15) is 17.2 Å². The number of hydrogen-bond donors (Lipinski definition) is 2. The van der Waals surface area contributed by atoms with Crippen LogP contribution in [0.25, 0.3) is 11.1 Å². The minimum absolute atomic E-state index is 0.0116. The Hall–Kier alpha value is -2.75. The first-order valence-corrected chi connectivity index (χ1v) is 6.45. The fourth-order valence-electron chi connectivity index (χ4n) is 1.85. The van der Waals surface area contributed by atoms with E-state index in [1.54, 1.807) is 44.2 Å². The highest BCUT2D eigenvalue weighted by Gasteiger charge is 2.11. The third-order valence-corrected chi connectivity index (χ3v) is 2.76. The van der Waals surface area contributed by atoms with Crippen LogP contribution >= 0.6 is 0 Å². The van der Waals surface area contributed by atoms with Crippen LogP contribution in [0.2, 0.25) is 0 Å². The Balaban J connectivity index is 2.40. The molecule has 0 saturated carbocycles. The maximum Gasteiger partial charge on any atom is 0.336 e. The van der Waals surface area contributed by atoms with Crippen LogP contribution in [0.4, 0.5) is 0 Å². The third kappa shape index (κ3) is 3.86. The molecule has 0 heterocycles. The van der Waals surface area contributed by atoms with Crippen molar-refractivity contribution in [2.24, 2.45) is 0 Å². The van der Waals surface area contributed by atoms with Gasteiger partial charge in [0.15, 0.2) is 0 Å². The summed E-state index contributed by atoms with van der Waals surface area (Å²) in [5, 5.41) is 18.9. The molecule has 108 valence electrons. The Kier molecular flexibility index (Phi) is 4.28. The van der Waals surface area contributed by atoms with Crippen LogP contribution in [0.1, 0.15) is 13.8 Å². The number of ether oxygens (including phenoxy) is 1. The second kappa shape index (κ2) is 6.13.